The second-order valence-electron chi connectivity index (χ2n) is 15.8. The van der Waals surface area contributed by atoms with Gasteiger partial charge >= 0.3 is 19.8 Å². The fourth-order valence-electron chi connectivity index (χ4n) is 6.58. The van der Waals surface area contributed by atoms with Gasteiger partial charge in [0.2, 0.25) is 0 Å². The lowest BCUT2D eigenvalue weighted by Crippen LogP contribution is -2.29. The van der Waals surface area contributed by atoms with Crippen LogP contribution in [0.25, 0.3) is 0 Å². The van der Waals surface area contributed by atoms with Crippen molar-refractivity contribution in [2.45, 2.75) is 238 Å². The molecule has 0 heterocycles. The van der Waals surface area contributed by atoms with Crippen molar-refractivity contribution < 1.29 is 47.8 Å². The van der Waals surface area contributed by atoms with Crippen LogP contribution in [0.5, 0.6) is 0 Å². The van der Waals surface area contributed by atoms with Gasteiger partial charge in [-0.3, -0.25) is 18.6 Å². The number of aliphatic hydroxyl groups excluding tert-OH is 2. The van der Waals surface area contributed by atoms with E-state index in [0.717, 1.165) is 51.4 Å². The summed E-state index contributed by atoms with van der Waals surface area (Å²) in [5, 5.41) is 18.3. The maximum Gasteiger partial charge on any atom is 0.472 e. The molecule has 332 valence electrons. The molecule has 0 fully saturated rings. The summed E-state index contributed by atoms with van der Waals surface area (Å²) >= 11 is 0. The summed E-state index contributed by atoms with van der Waals surface area (Å²) in [6.07, 6.45) is 40.3. The van der Waals surface area contributed by atoms with E-state index in [-0.39, 0.29) is 19.4 Å². The average Bonchev–Trinajstić information content (AvgIpc) is 3.19. The molecule has 0 aliphatic heterocycles. The summed E-state index contributed by atoms with van der Waals surface area (Å²) in [7, 11) is -4.61. The third-order valence-electron chi connectivity index (χ3n) is 10.2. The van der Waals surface area contributed by atoms with Gasteiger partial charge in [-0.05, 0) is 38.5 Å². The number of phosphoric ester groups is 1. The van der Waals surface area contributed by atoms with Crippen LogP contribution in [0.2, 0.25) is 0 Å². The van der Waals surface area contributed by atoms with Crippen LogP contribution >= 0.6 is 7.82 Å². The van der Waals surface area contributed by atoms with Gasteiger partial charge in [-0.15, -0.1) is 0 Å². The first-order valence-corrected chi connectivity index (χ1v) is 24.6. The summed E-state index contributed by atoms with van der Waals surface area (Å²) in [5.41, 5.74) is 0. The molecule has 3 atom stereocenters. The van der Waals surface area contributed by atoms with E-state index in [1.165, 1.54) is 135 Å². The Morgan fingerprint density at radius 3 is 1.29 bits per heavy atom. The molecule has 0 rings (SSSR count). The van der Waals surface area contributed by atoms with Crippen LogP contribution in [0, 0.1) is 0 Å². The lowest BCUT2D eigenvalue weighted by atomic mass is 10.0. The van der Waals surface area contributed by atoms with Crippen LogP contribution in [0.1, 0.15) is 226 Å². The second-order valence-corrected chi connectivity index (χ2v) is 17.2. The molecule has 0 spiro atoms. The SMILES string of the molecule is CCCCCCC/C=C/CCCCCCCC(=O)OC[C@H](COP(=O)(O)OC[C@@H](O)CO)OC(=O)CCCCCCCCCCCCCCCCCCCCC. The van der Waals surface area contributed by atoms with Crippen molar-refractivity contribution in [3.05, 3.63) is 12.2 Å². The number of esters is 2. The van der Waals surface area contributed by atoms with Crippen LogP contribution in [-0.2, 0) is 32.7 Å². The lowest BCUT2D eigenvalue weighted by molar-refractivity contribution is -0.161. The van der Waals surface area contributed by atoms with E-state index in [4.69, 9.17) is 23.6 Å². The molecule has 0 bridgehead atoms. The average molecular weight is 819 g/mol. The Bertz CT molecular complexity index is 946. The Balaban J connectivity index is 4.21. The van der Waals surface area contributed by atoms with Crippen molar-refractivity contribution in [1.29, 1.82) is 0 Å². The zero-order valence-corrected chi connectivity index (χ0v) is 37.0. The van der Waals surface area contributed by atoms with Gasteiger partial charge in [-0.25, -0.2) is 4.57 Å². The Hall–Kier alpha value is -1.29. The fourth-order valence-corrected chi connectivity index (χ4v) is 7.37. The second kappa shape index (κ2) is 41.9. The summed E-state index contributed by atoms with van der Waals surface area (Å²) in [6, 6.07) is 0. The quantitative estimate of drug-likeness (QED) is 0.0235. The molecule has 0 aromatic heterocycles. The molecule has 10 nitrogen and oxygen atoms in total. The minimum atomic E-state index is -4.61. The van der Waals surface area contributed by atoms with Gasteiger partial charge in [0, 0.05) is 12.8 Å². The summed E-state index contributed by atoms with van der Waals surface area (Å²) in [5.74, 6) is -0.922. The van der Waals surface area contributed by atoms with Gasteiger partial charge in [0.15, 0.2) is 6.10 Å². The number of rotatable bonds is 44. The molecule has 0 aromatic carbocycles. The van der Waals surface area contributed by atoms with Crippen molar-refractivity contribution in [3.8, 4) is 0 Å². The van der Waals surface area contributed by atoms with E-state index in [1.54, 1.807) is 0 Å². The molecule has 0 aliphatic rings. The number of carbonyl (C=O) groups excluding carboxylic acids is 2. The van der Waals surface area contributed by atoms with E-state index >= 15 is 0 Å². The minimum Gasteiger partial charge on any atom is -0.462 e. The maximum atomic E-state index is 12.6. The highest BCUT2D eigenvalue weighted by Gasteiger charge is 2.27. The van der Waals surface area contributed by atoms with Gasteiger partial charge < -0.3 is 24.6 Å². The molecule has 0 amide bonds. The van der Waals surface area contributed by atoms with Crippen LogP contribution in [0.4, 0.5) is 0 Å². The molecular formula is C45H87O10P. The molecule has 0 aliphatic carbocycles. The van der Waals surface area contributed by atoms with Gasteiger partial charge in [0.1, 0.15) is 12.7 Å². The molecule has 0 aromatic rings. The number of unbranched alkanes of at least 4 members (excludes halogenated alkanes) is 28. The molecule has 3 N–H and O–H groups in total. The zero-order chi connectivity index (χ0) is 41.2. The van der Waals surface area contributed by atoms with Crippen molar-refractivity contribution in [2.24, 2.45) is 0 Å². The first kappa shape index (κ1) is 54.7. The molecule has 0 radical (unpaired) electrons. The molecule has 56 heavy (non-hydrogen) atoms. The molecule has 0 saturated carbocycles. The number of hydrogen-bond acceptors (Lipinski definition) is 9. The summed E-state index contributed by atoms with van der Waals surface area (Å²) in [6.45, 7) is 2.40. The standard InChI is InChI=1S/C45H87O10P/c1-3-5-7-9-11-13-15-17-19-20-21-22-23-25-27-29-31-33-35-37-45(49)55-43(41-54-56(50,51)53-39-42(47)38-46)40-52-44(48)36-34-32-30-28-26-24-18-16-14-12-10-8-6-4-2/h16,18,42-43,46-47H,3-15,17,19-41H2,1-2H3,(H,50,51)/b18-16+/t42-,43+/m0/s1. The lowest BCUT2D eigenvalue weighted by Gasteiger charge is -2.20. The van der Waals surface area contributed by atoms with Gasteiger partial charge in [-0.1, -0.05) is 187 Å². The Kier molecular flexibility index (Phi) is 40.9. The monoisotopic (exact) mass is 819 g/mol. The predicted octanol–water partition coefficient (Wildman–Crippen LogP) is 12.4. The molecule has 1 unspecified atom stereocenters. The van der Waals surface area contributed by atoms with E-state index < -0.39 is 51.8 Å². The maximum absolute atomic E-state index is 12.6. The summed E-state index contributed by atoms with van der Waals surface area (Å²) in [4.78, 5) is 35.0. The number of phosphoric acid groups is 1. The highest BCUT2D eigenvalue weighted by Crippen LogP contribution is 2.43. The Morgan fingerprint density at radius 2 is 0.875 bits per heavy atom. The van der Waals surface area contributed by atoms with E-state index in [0.29, 0.717) is 12.8 Å². The van der Waals surface area contributed by atoms with E-state index in [2.05, 4.69) is 26.0 Å². The van der Waals surface area contributed by atoms with Gasteiger partial charge in [-0.2, -0.15) is 0 Å². The minimum absolute atomic E-state index is 0.189. The Morgan fingerprint density at radius 1 is 0.518 bits per heavy atom. The summed E-state index contributed by atoms with van der Waals surface area (Å²) < 4.78 is 32.8. The molecular weight excluding hydrogens is 731 g/mol. The number of aliphatic hydroxyl groups is 2. The largest absolute Gasteiger partial charge is 0.472 e. The highest BCUT2D eigenvalue weighted by molar-refractivity contribution is 7.47. The van der Waals surface area contributed by atoms with E-state index in [9.17, 15) is 24.2 Å². The smallest absolute Gasteiger partial charge is 0.462 e. The van der Waals surface area contributed by atoms with Crippen molar-refractivity contribution in [2.75, 3.05) is 26.4 Å². The van der Waals surface area contributed by atoms with Crippen molar-refractivity contribution in [3.63, 3.8) is 0 Å². The van der Waals surface area contributed by atoms with E-state index in [1.807, 2.05) is 0 Å². The third kappa shape index (κ3) is 40.9. The molecule has 11 heteroatoms. The number of allylic oxidation sites excluding steroid dienone is 2. The predicted molar refractivity (Wildman–Crippen MR) is 229 cm³/mol. The van der Waals surface area contributed by atoms with Crippen LogP contribution in [0.3, 0.4) is 0 Å². The van der Waals surface area contributed by atoms with Crippen LogP contribution in [0.15, 0.2) is 12.2 Å². The number of ether oxygens (including phenoxy) is 2. The number of hydrogen-bond donors (Lipinski definition) is 3. The third-order valence-corrected chi connectivity index (χ3v) is 11.1. The van der Waals surface area contributed by atoms with Crippen molar-refractivity contribution >= 4 is 19.8 Å². The topological polar surface area (TPSA) is 149 Å². The first-order valence-electron chi connectivity index (χ1n) is 23.1. The fraction of sp³-hybridized carbons (Fsp3) is 0.911. The van der Waals surface area contributed by atoms with Crippen molar-refractivity contribution in [1.82, 2.24) is 0 Å². The Labute approximate surface area is 343 Å². The first-order chi connectivity index (χ1) is 27.2. The molecule has 0 saturated heterocycles. The number of carbonyl (C=O) groups is 2. The zero-order valence-electron chi connectivity index (χ0n) is 36.1. The van der Waals surface area contributed by atoms with Crippen LogP contribution < -0.4 is 0 Å². The highest BCUT2D eigenvalue weighted by atomic mass is 31.2. The van der Waals surface area contributed by atoms with Gasteiger partial charge in [0.05, 0.1) is 19.8 Å². The van der Waals surface area contributed by atoms with Gasteiger partial charge in [0.25, 0.3) is 0 Å². The van der Waals surface area contributed by atoms with Crippen LogP contribution in [-0.4, -0.2) is 65.7 Å². The normalized spacial score (nSPS) is 13.9.